The minimum Gasteiger partial charge on any atom is 0 e. The topological polar surface area (TPSA) is 51.8 Å². The van der Waals surface area contributed by atoms with Crippen molar-refractivity contribution in [2.75, 3.05) is 0 Å². The van der Waals surface area contributed by atoms with E-state index in [1.807, 2.05) is 0 Å². The molecule has 0 amide bonds. The first-order chi connectivity index (χ1) is 11.7. The molecule has 2 atom stereocenters. The van der Waals surface area contributed by atoms with Gasteiger partial charge in [0.15, 0.2) is 0 Å². The van der Waals surface area contributed by atoms with Crippen LogP contribution in [0, 0.1) is 19.2 Å². The van der Waals surface area contributed by atoms with Crippen LogP contribution in [0.3, 0.4) is 0 Å². The molecule has 0 aliphatic heterocycles. The van der Waals surface area contributed by atoms with Crippen molar-refractivity contribution in [2.24, 2.45) is 0 Å². The standard InChI is InChI=1S/C10H15.C9H22NPS.2CO.W/c1-6-7(2)9(4)10(5)8(6)3;1-8(2,3)10-7(12)11-9(4,5)6;2*1-2;/h1-5H3;7,10-12H,1-6H3;;;/p-1. The summed E-state index contributed by atoms with van der Waals surface area (Å²) in [5.74, 6) is 1.47. The zero-order valence-electron chi connectivity index (χ0n) is 18.7. The minimum atomic E-state index is 0. The van der Waals surface area contributed by atoms with Crippen molar-refractivity contribution in [3.05, 3.63) is 41.5 Å². The summed E-state index contributed by atoms with van der Waals surface area (Å²) in [7, 11) is 0.793. The molecule has 1 radical (unpaired) electrons. The third-order valence-corrected chi connectivity index (χ3v) is 5.68. The van der Waals surface area contributed by atoms with Crippen LogP contribution in [0.2, 0.25) is 0 Å². The monoisotopic (exact) mass is 581 g/mol. The van der Waals surface area contributed by atoms with E-state index in [4.69, 9.17) is 21.9 Å². The molecule has 0 saturated carbocycles. The minimum absolute atomic E-state index is 0. The zero-order chi connectivity index (χ0) is 21.9. The van der Waals surface area contributed by atoms with Gasteiger partial charge in [-0.2, -0.15) is 0 Å². The van der Waals surface area contributed by atoms with Crippen LogP contribution in [-0.4, -0.2) is 15.8 Å². The number of nitrogens with one attached hydrogen (secondary N) is 1. The number of rotatable bonds is 2. The predicted octanol–water partition coefficient (Wildman–Crippen LogP) is 5.87. The molecule has 3 nitrogen and oxygen atoms in total. The van der Waals surface area contributed by atoms with Crippen LogP contribution in [-0.2, 0) is 43.0 Å². The van der Waals surface area contributed by atoms with Crippen molar-refractivity contribution in [1.82, 2.24) is 5.32 Å². The van der Waals surface area contributed by atoms with E-state index in [0.29, 0.717) is 5.16 Å². The second kappa shape index (κ2) is 16.2. The molecule has 0 fully saturated rings. The Morgan fingerprint density at radius 3 is 1.22 bits per heavy atom. The maximum absolute atomic E-state index is 7.50. The van der Waals surface area contributed by atoms with E-state index >= 15 is 0 Å². The van der Waals surface area contributed by atoms with Crippen LogP contribution >= 0.6 is 8.58 Å². The second-order valence-corrected chi connectivity index (χ2v) is 11.5. The van der Waals surface area contributed by atoms with Gasteiger partial charge < -0.3 is 17.9 Å². The molecule has 0 aromatic rings. The molecule has 1 N–H and O–H groups in total. The van der Waals surface area contributed by atoms with Crippen molar-refractivity contribution in [3.8, 4) is 0 Å². The Balaban J connectivity index is -0.000000161. The van der Waals surface area contributed by atoms with E-state index in [-0.39, 0.29) is 31.7 Å². The summed E-state index contributed by atoms with van der Waals surface area (Å²) in [5, 5.41) is 3.97. The van der Waals surface area contributed by atoms with Gasteiger partial charge in [0, 0.05) is 32.5 Å². The average Bonchev–Trinajstić information content (AvgIpc) is 2.66. The Kier molecular flexibility index (Phi) is 20.9. The molecular formula is C21H36NO2PSW-. The maximum atomic E-state index is 7.50. The molecule has 0 aromatic heterocycles. The van der Waals surface area contributed by atoms with E-state index in [2.05, 4.69) is 94.8 Å². The van der Waals surface area contributed by atoms with Gasteiger partial charge in [-0.1, -0.05) is 44.0 Å². The summed E-state index contributed by atoms with van der Waals surface area (Å²) in [5.41, 5.74) is 6.01. The van der Waals surface area contributed by atoms with Crippen molar-refractivity contribution < 1.29 is 30.4 Å². The van der Waals surface area contributed by atoms with Crippen LogP contribution in [0.5, 0.6) is 0 Å². The maximum Gasteiger partial charge on any atom is 0 e. The number of hydrogen-bond donors (Lipinski definition) is 1. The van der Waals surface area contributed by atoms with Crippen LogP contribution in [0.1, 0.15) is 76.2 Å². The average molecular weight is 581 g/mol. The third-order valence-electron chi connectivity index (χ3n) is 3.94. The van der Waals surface area contributed by atoms with Gasteiger partial charge >= 0.3 is 22.6 Å². The van der Waals surface area contributed by atoms with E-state index < -0.39 is 0 Å². The largest absolute Gasteiger partial charge is 0 e. The smallest absolute Gasteiger partial charge is 0 e. The van der Waals surface area contributed by atoms with Crippen LogP contribution < -0.4 is 5.32 Å². The summed E-state index contributed by atoms with van der Waals surface area (Å²) in [6.07, 6.45) is 0. The van der Waals surface area contributed by atoms with Gasteiger partial charge in [-0.05, 0) is 64.8 Å². The van der Waals surface area contributed by atoms with Crippen LogP contribution in [0.25, 0.3) is 0 Å². The van der Waals surface area contributed by atoms with Gasteiger partial charge in [-0.15, -0.1) is 8.58 Å². The molecule has 1 aliphatic carbocycles. The molecule has 27 heavy (non-hydrogen) atoms. The SMILES string of the molecule is CC(C)(C)NC([S-])PC(C)(C)C.C[C]1C(C)=C(C)C(C)=C1C.[C-]#[O+].[C-]#[O+].[W]. The van der Waals surface area contributed by atoms with Crippen LogP contribution in [0.15, 0.2) is 22.3 Å². The van der Waals surface area contributed by atoms with E-state index in [0.717, 1.165) is 8.58 Å². The van der Waals surface area contributed by atoms with Crippen LogP contribution in [0.4, 0.5) is 0 Å². The summed E-state index contributed by atoms with van der Waals surface area (Å²) < 4.78 is 15.0. The molecule has 0 spiro atoms. The number of allylic oxidation sites excluding steroid dienone is 4. The molecule has 155 valence electrons. The Morgan fingerprint density at radius 1 is 0.778 bits per heavy atom. The Labute approximate surface area is 189 Å². The zero-order valence-corrected chi connectivity index (χ0v) is 23.5. The van der Waals surface area contributed by atoms with Crippen molar-refractivity contribution in [1.29, 1.82) is 0 Å². The van der Waals surface area contributed by atoms with Gasteiger partial charge in [0.25, 0.3) is 0 Å². The van der Waals surface area contributed by atoms with Crippen molar-refractivity contribution in [3.63, 3.8) is 0 Å². The van der Waals surface area contributed by atoms with Crippen molar-refractivity contribution >= 4 is 21.2 Å². The number of hydrogen-bond acceptors (Lipinski definition) is 2. The molecule has 6 heteroatoms. The normalized spacial score (nSPS) is 15.7. The summed E-state index contributed by atoms with van der Waals surface area (Å²) in [4.78, 5) is 0. The molecule has 2 unspecified atom stereocenters. The van der Waals surface area contributed by atoms with Crippen molar-refractivity contribution in [2.45, 2.75) is 92.0 Å². The molecule has 1 rings (SSSR count). The van der Waals surface area contributed by atoms with Gasteiger partial charge in [0.2, 0.25) is 0 Å². The molecule has 0 aromatic carbocycles. The Bertz CT molecular complexity index is 480. The Hall–Kier alpha value is 0.388. The first kappa shape index (κ1) is 34.9. The molecule has 1 aliphatic rings. The first-order valence-corrected chi connectivity index (χ1v) is 10.0. The fourth-order valence-corrected chi connectivity index (χ4v) is 4.93. The van der Waals surface area contributed by atoms with E-state index in [1.54, 1.807) is 0 Å². The predicted molar refractivity (Wildman–Crippen MR) is 116 cm³/mol. The second-order valence-electron chi connectivity index (χ2n) is 8.29. The molecular weight excluding hydrogens is 545 g/mol. The molecule has 0 bridgehead atoms. The third kappa shape index (κ3) is 17.0. The molecule has 0 heterocycles. The Morgan fingerprint density at radius 2 is 1.07 bits per heavy atom. The quantitative estimate of drug-likeness (QED) is 0.192. The summed E-state index contributed by atoms with van der Waals surface area (Å²) in [6, 6.07) is 0. The molecule has 0 saturated heterocycles. The van der Waals surface area contributed by atoms with Gasteiger partial charge in [0.05, 0.1) is 0 Å². The van der Waals surface area contributed by atoms with E-state index in [1.165, 1.54) is 28.2 Å². The summed E-state index contributed by atoms with van der Waals surface area (Å²) in [6.45, 7) is 33.1. The van der Waals surface area contributed by atoms with Gasteiger partial charge in [0.1, 0.15) is 0 Å². The van der Waals surface area contributed by atoms with Gasteiger partial charge in [-0.3, -0.25) is 0 Å². The fraction of sp³-hybridized carbons (Fsp3) is 0.667. The fourth-order valence-electron chi connectivity index (χ4n) is 2.23. The first-order valence-electron chi connectivity index (χ1n) is 8.47. The van der Waals surface area contributed by atoms with Gasteiger partial charge in [-0.25, -0.2) is 0 Å². The van der Waals surface area contributed by atoms with E-state index in [9.17, 15) is 0 Å². The summed E-state index contributed by atoms with van der Waals surface area (Å²) >= 11 is 5.33.